The van der Waals surface area contributed by atoms with Crippen LogP contribution in [0.3, 0.4) is 0 Å². The van der Waals surface area contributed by atoms with E-state index in [1.54, 1.807) is 0 Å². The third kappa shape index (κ3) is 4.07. The van der Waals surface area contributed by atoms with Gasteiger partial charge in [-0.15, -0.1) is 0 Å². The van der Waals surface area contributed by atoms with Crippen LogP contribution in [0.5, 0.6) is 0 Å². The van der Waals surface area contributed by atoms with Crippen LogP contribution in [0.2, 0.25) is 0 Å². The van der Waals surface area contributed by atoms with Crippen molar-refractivity contribution >= 4 is 10.8 Å². The highest BCUT2D eigenvalue weighted by atomic mass is 14.9. The molecule has 0 aliphatic rings. The average molecular weight is 283 g/mol. The maximum atomic E-state index is 3.75. The van der Waals surface area contributed by atoms with Crippen molar-refractivity contribution in [1.29, 1.82) is 0 Å². The second-order valence-electron chi connectivity index (χ2n) is 6.50. The Bertz CT molecular complexity index is 571. The first-order chi connectivity index (χ1) is 10.1. The SMILES string of the molecule is CCCNC(CCC(C)C)c1ccc(C)c2ccccc12. The molecule has 2 rings (SSSR count). The Hall–Kier alpha value is -1.34. The lowest BCUT2D eigenvalue weighted by atomic mass is 9.92. The Balaban J connectivity index is 2.36. The van der Waals surface area contributed by atoms with Crippen LogP contribution in [0.15, 0.2) is 36.4 Å². The molecule has 2 aromatic carbocycles. The van der Waals surface area contributed by atoms with E-state index < -0.39 is 0 Å². The van der Waals surface area contributed by atoms with Gasteiger partial charge in [0.15, 0.2) is 0 Å². The van der Waals surface area contributed by atoms with Gasteiger partial charge in [0.1, 0.15) is 0 Å². The average Bonchev–Trinajstić information content (AvgIpc) is 2.49. The predicted octanol–water partition coefficient (Wildman–Crippen LogP) is 5.63. The maximum Gasteiger partial charge on any atom is 0.0326 e. The van der Waals surface area contributed by atoms with Crippen LogP contribution in [-0.4, -0.2) is 6.54 Å². The lowest BCUT2D eigenvalue weighted by Crippen LogP contribution is -2.23. The molecule has 0 aliphatic carbocycles. The van der Waals surface area contributed by atoms with Crippen molar-refractivity contribution in [2.24, 2.45) is 5.92 Å². The van der Waals surface area contributed by atoms with Crippen molar-refractivity contribution in [2.75, 3.05) is 6.54 Å². The number of hydrogen-bond donors (Lipinski definition) is 1. The minimum absolute atomic E-state index is 0.470. The monoisotopic (exact) mass is 283 g/mol. The van der Waals surface area contributed by atoms with Gasteiger partial charge in [0.2, 0.25) is 0 Å². The zero-order chi connectivity index (χ0) is 15.2. The van der Waals surface area contributed by atoms with Gasteiger partial charge in [0, 0.05) is 6.04 Å². The van der Waals surface area contributed by atoms with E-state index in [1.165, 1.54) is 41.2 Å². The van der Waals surface area contributed by atoms with Crippen molar-refractivity contribution < 1.29 is 0 Å². The highest BCUT2D eigenvalue weighted by Gasteiger charge is 2.14. The first-order valence-corrected chi connectivity index (χ1v) is 8.35. The summed E-state index contributed by atoms with van der Waals surface area (Å²) in [7, 11) is 0. The van der Waals surface area contributed by atoms with Crippen LogP contribution in [0.25, 0.3) is 10.8 Å². The number of aryl methyl sites for hydroxylation is 1. The Morgan fingerprint density at radius 2 is 1.67 bits per heavy atom. The topological polar surface area (TPSA) is 12.0 Å². The Morgan fingerprint density at radius 1 is 0.952 bits per heavy atom. The zero-order valence-electron chi connectivity index (χ0n) is 13.9. The molecule has 0 spiro atoms. The van der Waals surface area contributed by atoms with Gasteiger partial charge >= 0.3 is 0 Å². The molecule has 0 amide bonds. The molecule has 21 heavy (non-hydrogen) atoms. The number of nitrogens with one attached hydrogen (secondary N) is 1. The zero-order valence-corrected chi connectivity index (χ0v) is 13.9. The maximum absolute atomic E-state index is 3.75. The van der Waals surface area contributed by atoms with E-state index in [1.807, 2.05) is 0 Å². The van der Waals surface area contributed by atoms with Crippen molar-refractivity contribution in [1.82, 2.24) is 5.32 Å². The summed E-state index contributed by atoms with van der Waals surface area (Å²) in [6.45, 7) is 10.1. The van der Waals surface area contributed by atoms with E-state index >= 15 is 0 Å². The fourth-order valence-corrected chi connectivity index (χ4v) is 2.96. The molecule has 1 heteroatoms. The van der Waals surface area contributed by atoms with Crippen LogP contribution in [-0.2, 0) is 0 Å². The van der Waals surface area contributed by atoms with Crippen LogP contribution in [0.1, 0.15) is 57.2 Å². The molecule has 0 saturated carbocycles. The molecule has 0 heterocycles. The first-order valence-electron chi connectivity index (χ1n) is 8.35. The van der Waals surface area contributed by atoms with E-state index in [9.17, 15) is 0 Å². The Kier molecular flexibility index (Phi) is 5.81. The van der Waals surface area contributed by atoms with E-state index in [2.05, 4.69) is 69.4 Å². The molecule has 114 valence electrons. The van der Waals surface area contributed by atoms with Crippen molar-refractivity contribution in [2.45, 2.75) is 53.0 Å². The lowest BCUT2D eigenvalue weighted by Gasteiger charge is -2.22. The van der Waals surface area contributed by atoms with E-state index in [0.717, 1.165) is 12.5 Å². The van der Waals surface area contributed by atoms with Crippen LogP contribution < -0.4 is 5.32 Å². The highest BCUT2D eigenvalue weighted by Crippen LogP contribution is 2.30. The van der Waals surface area contributed by atoms with Gasteiger partial charge in [-0.05, 0) is 60.5 Å². The summed E-state index contributed by atoms with van der Waals surface area (Å²) in [6.07, 6.45) is 3.66. The van der Waals surface area contributed by atoms with Gasteiger partial charge in [0.05, 0.1) is 0 Å². The van der Waals surface area contributed by atoms with Gasteiger partial charge in [-0.3, -0.25) is 0 Å². The van der Waals surface area contributed by atoms with E-state index in [0.29, 0.717) is 6.04 Å². The van der Waals surface area contributed by atoms with Gasteiger partial charge in [0.25, 0.3) is 0 Å². The third-order valence-electron chi connectivity index (χ3n) is 4.22. The fourth-order valence-electron chi connectivity index (χ4n) is 2.96. The van der Waals surface area contributed by atoms with Crippen molar-refractivity contribution in [3.63, 3.8) is 0 Å². The smallest absolute Gasteiger partial charge is 0.0326 e. The molecule has 0 fully saturated rings. The molecule has 0 bridgehead atoms. The lowest BCUT2D eigenvalue weighted by molar-refractivity contribution is 0.442. The van der Waals surface area contributed by atoms with Crippen molar-refractivity contribution in [3.8, 4) is 0 Å². The van der Waals surface area contributed by atoms with Crippen molar-refractivity contribution in [3.05, 3.63) is 47.5 Å². The first kappa shape index (κ1) is 16.0. The molecule has 1 N–H and O–H groups in total. The molecule has 0 aliphatic heterocycles. The van der Waals surface area contributed by atoms with E-state index in [-0.39, 0.29) is 0 Å². The number of hydrogen-bond acceptors (Lipinski definition) is 1. The molecule has 0 aromatic heterocycles. The van der Waals surface area contributed by atoms with Crippen LogP contribution >= 0.6 is 0 Å². The normalized spacial score (nSPS) is 13.0. The quantitative estimate of drug-likeness (QED) is 0.695. The minimum atomic E-state index is 0.470. The third-order valence-corrected chi connectivity index (χ3v) is 4.22. The molecule has 1 nitrogen and oxygen atoms in total. The second kappa shape index (κ2) is 7.61. The van der Waals surface area contributed by atoms with Gasteiger partial charge in [-0.2, -0.15) is 0 Å². The minimum Gasteiger partial charge on any atom is -0.310 e. The Morgan fingerprint density at radius 3 is 2.33 bits per heavy atom. The van der Waals surface area contributed by atoms with Gasteiger partial charge in [-0.25, -0.2) is 0 Å². The summed E-state index contributed by atoms with van der Waals surface area (Å²) in [5.74, 6) is 0.757. The van der Waals surface area contributed by atoms with Gasteiger partial charge in [-0.1, -0.05) is 57.2 Å². The highest BCUT2D eigenvalue weighted by molar-refractivity contribution is 5.88. The largest absolute Gasteiger partial charge is 0.310 e. The number of fused-ring (bicyclic) bond motifs is 1. The molecular formula is C20H29N. The fraction of sp³-hybridized carbons (Fsp3) is 0.500. The standard InChI is InChI=1S/C20H29N/c1-5-14-21-20(13-10-15(2)3)19-12-11-16(4)17-8-6-7-9-18(17)19/h6-9,11-12,15,20-21H,5,10,13-14H2,1-4H3. The van der Waals surface area contributed by atoms with Crippen LogP contribution in [0, 0.1) is 12.8 Å². The number of benzene rings is 2. The summed E-state index contributed by atoms with van der Waals surface area (Å²) in [4.78, 5) is 0. The summed E-state index contributed by atoms with van der Waals surface area (Å²) in [5, 5.41) is 6.56. The summed E-state index contributed by atoms with van der Waals surface area (Å²) >= 11 is 0. The van der Waals surface area contributed by atoms with Crippen LogP contribution in [0.4, 0.5) is 0 Å². The summed E-state index contributed by atoms with van der Waals surface area (Å²) < 4.78 is 0. The molecule has 0 saturated heterocycles. The second-order valence-corrected chi connectivity index (χ2v) is 6.50. The molecule has 1 unspecified atom stereocenters. The molecular weight excluding hydrogens is 254 g/mol. The van der Waals surface area contributed by atoms with E-state index in [4.69, 9.17) is 0 Å². The molecule has 0 radical (unpaired) electrons. The Labute approximate surface area is 129 Å². The summed E-state index contributed by atoms with van der Waals surface area (Å²) in [6, 6.07) is 13.9. The molecule has 1 atom stereocenters. The summed E-state index contributed by atoms with van der Waals surface area (Å²) in [5.41, 5.74) is 2.83. The van der Waals surface area contributed by atoms with Gasteiger partial charge < -0.3 is 5.32 Å². The predicted molar refractivity (Wildman–Crippen MR) is 93.8 cm³/mol. The molecule has 2 aromatic rings. The number of rotatable bonds is 7.